The molecule has 0 aliphatic carbocycles. The highest BCUT2D eigenvalue weighted by molar-refractivity contribution is 6.35. The van der Waals surface area contributed by atoms with Crippen LogP contribution in [0.15, 0.2) is 43.0 Å². The van der Waals surface area contributed by atoms with Crippen molar-refractivity contribution in [1.82, 2.24) is 29.9 Å². The van der Waals surface area contributed by atoms with Gasteiger partial charge in [0.15, 0.2) is 0 Å². The number of ether oxygens (including phenoxy) is 1. The molecule has 1 aliphatic heterocycles. The third kappa shape index (κ3) is 3.96. The van der Waals surface area contributed by atoms with Gasteiger partial charge in [0, 0.05) is 48.2 Å². The van der Waals surface area contributed by atoms with Gasteiger partial charge >= 0.3 is 0 Å². The van der Waals surface area contributed by atoms with E-state index in [4.69, 9.17) is 27.9 Å². The average molecular weight is 471 g/mol. The molecule has 1 fully saturated rings. The third-order valence-corrected chi connectivity index (χ3v) is 6.69. The van der Waals surface area contributed by atoms with Crippen LogP contribution in [0.25, 0.3) is 22.2 Å². The molecule has 1 aliphatic rings. The van der Waals surface area contributed by atoms with Crippen molar-refractivity contribution < 1.29 is 4.74 Å². The predicted octanol–water partition coefficient (Wildman–Crippen LogP) is 5.53. The Labute approximate surface area is 196 Å². The van der Waals surface area contributed by atoms with Gasteiger partial charge in [0.25, 0.3) is 0 Å². The Morgan fingerprint density at radius 3 is 2.78 bits per heavy atom. The lowest BCUT2D eigenvalue weighted by Gasteiger charge is -2.17. The summed E-state index contributed by atoms with van der Waals surface area (Å²) >= 11 is 12.6. The monoisotopic (exact) mass is 470 g/mol. The average Bonchev–Trinajstić information content (AvgIpc) is 3.52. The maximum Gasteiger partial charge on any atom is 0.124 e. The van der Waals surface area contributed by atoms with Gasteiger partial charge in [-0.25, -0.2) is 0 Å². The SMILES string of the molecule is CCN1CC[C@@H](n2cc(-c3n[nH]c4ccc(O[C@H](C)c5c(Cl)cncc5Cl)cc34)cn2)C1. The van der Waals surface area contributed by atoms with E-state index in [1.54, 1.807) is 12.4 Å². The Morgan fingerprint density at radius 1 is 1.22 bits per heavy atom. The fraction of sp³-hybridized carbons (Fsp3) is 0.348. The minimum atomic E-state index is -0.336. The number of nitrogens with one attached hydrogen (secondary N) is 1. The molecule has 1 N–H and O–H groups in total. The number of fused-ring (bicyclic) bond motifs is 1. The van der Waals surface area contributed by atoms with Gasteiger partial charge in [-0.3, -0.25) is 14.8 Å². The van der Waals surface area contributed by atoms with Crippen LogP contribution in [0.3, 0.4) is 0 Å². The van der Waals surface area contributed by atoms with Crippen LogP contribution in [0, 0.1) is 0 Å². The maximum atomic E-state index is 6.29. The first-order chi connectivity index (χ1) is 15.5. The molecule has 0 amide bonds. The Morgan fingerprint density at radius 2 is 2.03 bits per heavy atom. The second-order valence-electron chi connectivity index (χ2n) is 8.10. The van der Waals surface area contributed by atoms with Gasteiger partial charge in [-0.15, -0.1) is 0 Å². The van der Waals surface area contributed by atoms with Crippen molar-refractivity contribution in [1.29, 1.82) is 0 Å². The molecular formula is C23H24Cl2N6O. The summed E-state index contributed by atoms with van der Waals surface area (Å²) in [5.41, 5.74) is 3.49. The van der Waals surface area contributed by atoms with Crippen LogP contribution >= 0.6 is 23.2 Å². The molecule has 32 heavy (non-hydrogen) atoms. The summed E-state index contributed by atoms with van der Waals surface area (Å²) in [5.74, 6) is 0.707. The van der Waals surface area contributed by atoms with E-state index < -0.39 is 0 Å². The van der Waals surface area contributed by atoms with Crippen LogP contribution in [0.1, 0.15) is 38.0 Å². The summed E-state index contributed by atoms with van der Waals surface area (Å²) in [6, 6.07) is 6.26. The van der Waals surface area contributed by atoms with Gasteiger partial charge in [-0.2, -0.15) is 10.2 Å². The van der Waals surface area contributed by atoms with Crippen molar-refractivity contribution in [3.05, 3.63) is 58.6 Å². The number of aromatic nitrogens is 5. The van der Waals surface area contributed by atoms with E-state index in [9.17, 15) is 0 Å². The molecule has 5 rings (SSSR count). The van der Waals surface area contributed by atoms with Crippen LogP contribution in [0.2, 0.25) is 10.0 Å². The molecule has 7 nitrogen and oxygen atoms in total. The summed E-state index contributed by atoms with van der Waals surface area (Å²) in [7, 11) is 0. The number of benzene rings is 1. The summed E-state index contributed by atoms with van der Waals surface area (Å²) < 4.78 is 8.25. The predicted molar refractivity (Wildman–Crippen MR) is 126 cm³/mol. The second-order valence-corrected chi connectivity index (χ2v) is 8.92. The van der Waals surface area contributed by atoms with Crippen molar-refractivity contribution in [3.8, 4) is 17.0 Å². The van der Waals surface area contributed by atoms with Crippen molar-refractivity contribution in [2.75, 3.05) is 19.6 Å². The standard InChI is InChI=1S/C23H24Cl2N6O/c1-3-30-7-6-16(13-30)31-12-15(9-27-31)23-18-8-17(4-5-21(18)28-29-23)32-14(2)22-19(24)10-26-11-20(22)25/h4-5,8-12,14,16H,3,6-7,13H2,1-2H3,(H,28,29)/t14-,16-/m1/s1. The highest BCUT2D eigenvalue weighted by Gasteiger charge is 2.24. The summed E-state index contributed by atoms with van der Waals surface area (Å²) in [6.45, 7) is 7.34. The molecule has 0 bridgehead atoms. The normalized spacial score (nSPS) is 17.8. The summed E-state index contributed by atoms with van der Waals surface area (Å²) in [6.07, 6.45) is 7.90. The van der Waals surface area contributed by atoms with E-state index in [2.05, 4.69) is 43.0 Å². The van der Waals surface area contributed by atoms with Gasteiger partial charge in [0.2, 0.25) is 0 Å². The number of nitrogens with zero attached hydrogens (tertiary/aromatic N) is 5. The molecule has 0 spiro atoms. The Balaban J connectivity index is 1.41. The molecule has 4 heterocycles. The number of likely N-dealkylation sites (tertiary alicyclic amines) is 1. The lowest BCUT2D eigenvalue weighted by atomic mass is 10.1. The minimum absolute atomic E-state index is 0.336. The van der Waals surface area contributed by atoms with Crippen molar-refractivity contribution in [3.63, 3.8) is 0 Å². The van der Waals surface area contributed by atoms with Crippen molar-refractivity contribution in [2.24, 2.45) is 0 Å². The van der Waals surface area contributed by atoms with E-state index in [-0.39, 0.29) is 6.10 Å². The van der Waals surface area contributed by atoms with Crippen LogP contribution in [0.4, 0.5) is 0 Å². The van der Waals surface area contributed by atoms with Crippen LogP contribution in [0.5, 0.6) is 5.75 Å². The lowest BCUT2D eigenvalue weighted by molar-refractivity contribution is 0.227. The Bertz CT molecular complexity index is 1230. The summed E-state index contributed by atoms with van der Waals surface area (Å²) in [5, 5.41) is 14.2. The fourth-order valence-electron chi connectivity index (χ4n) is 4.33. The highest BCUT2D eigenvalue weighted by atomic mass is 35.5. The number of H-pyrrole nitrogens is 1. The van der Waals surface area contributed by atoms with Crippen molar-refractivity contribution in [2.45, 2.75) is 32.4 Å². The smallest absolute Gasteiger partial charge is 0.124 e. The molecule has 2 atom stereocenters. The number of hydrogen-bond donors (Lipinski definition) is 1. The Kier molecular flexibility index (Phi) is 5.80. The zero-order valence-corrected chi connectivity index (χ0v) is 19.4. The van der Waals surface area contributed by atoms with E-state index in [0.29, 0.717) is 21.8 Å². The van der Waals surface area contributed by atoms with Gasteiger partial charge in [0.05, 0.1) is 27.8 Å². The lowest BCUT2D eigenvalue weighted by Crippen LogP contribution is -2.21. The molecule has 0 unspecified atom stereocenters. The molecule has 9 heteroatoms. The number of pyridine rings is 1. The first kappa shape index (κ1) is 21.2. The quantitative estimate of drug-likeness (QED) is 0.400. The highest BCUT2D eigenvalue weighted by Crippen LogP contribution is 2.35. The zero-order chi connectivity index (χ0) is 22.2. The van der Waals surface area contributed by atoms with Gasteiger partial charge < -0.3 is 9.64 Å². The maximum absolute atomic E-state index is 6.29. The fourth-order valence-corrected chi connectivity index (χ4v) is 5.01. The van der Waals surface area contributed by atoms with Gasteiger partial charge in [-0.05, 0) is 38.1 Å². The second kappa shape index (κ2) is 8.73. The van der Waals surface area contributed by atoms with Crippen LogP contribution in [-0.2, 0) is 0 Å². The van der Waals surface area contributed by atoms with E-state index in [0.717, 1.165) is 53.8 Å². The molecule has 1 saturated heterocycles. The largest absolute Gasteiger partial charge is 0.486 e. The molecule has 0 saturated carbocycles. The zero-order valence-electron chi connectivity index (χ0n) is 17.9. The number of halogens is 2. The molecule has 0 radical (unpaired) electrons. The van der Waals surface area contributed by atoms with E-state index in [1.807, 2.05) is 31.3 Å². The topological polar surface area (TPSA) is 71.9 Å². The van der Waals surface area contributed by atoms with E-state index in [1.165, 1.54) is 0 Å². The van der Waals surface area contributed by atoms with Gasteiger partial charge in [0.1, 0.15) is 17.5 Å². The van der Waals surface area contributed by atoms with Crippen LogP contribution < -0.4 is 4.74 Å². The number of aromatic amines is 1. The van der Waals surface area contributed by atoms with Crippen LogP contribution in [-0.4, -0.2) is 49.5 Å². The van der Waals surface area contributed by atoms with Gasteiger partial charge in [-0.1, -0.05) is 30.1 Å². The minimum Gasteiger partial charge on any atom is -0.486 e. The molecule has 3 aromatic heterocycles. The molecule has 166 valence electrons. The number of hydrogen-bond acceptors (Lipinski definition) is 5. The number of rotatable bonds is 6. The molecular weight excluding hydrogens is 447 g/mol. The van der Waals surface area contributed by atoms with Crippen molar-refractivity contribution >= 4 is 34.1 Å². The first-order valence-corrected chi connectivity index (χ1v) is 11.5. The first-order valence-electron chi connectivity index (χ1n) is 10.7. The van der Waals surface area contributed by atoms with E-state index >= 15 is 0 Å². The number of likely N-dealkylation sites (N-methyl/N-ethyl adjacent to an activating group) is 1. The summed E-state index contributed by atoms with van der Waals surface area (Å²) in [4.78, 5) is 6.46. The third-order valence-electron chi connectivity index (χ3n) is 6.09. The molecule has 4 aromatic rings. The Hall–Kier alpha value is -2.61. The molecule has 1 aromatic carbocycles.